The number of fused-ring (bicyclic) bond motifs is 2. The van der Waals surface area contributed by atoms with Gasteiger partial charge in [-0.1, -0.05) is 27.3 Å². The van der Waals surface area contributed by atoms with Gasteiger partial charge in [0.05, 0.1) is 0 Å². The standard InChI is InChI=1S/C14H10N.C9H9P.2ClH.Zr/c1-2-6-12-10-13(9-11(12)5-1)14-7-3-4-8-15-14;1-2-8-6-7-4-3-5-9(7)10-8;;;/h1-10H;3-6H,2H2,1H3;2*1H;/q;;;;+2/p-2. The van der Waals surface area contributed by atoms with E-state index in [0.717, 1.165) is 5.69 Å². The molecule has 0 bridgehead atoms. The van der Waals surface area contributed by atoms with E-state index in [1.54, 1.807) is 5.29 Å². The van der Waals surface area contributed by atoms with Gasteiger partial charge in [-0.3, -0.25) is 0 Å². The maximum atomic E-state index is 4.44. The summed E-state index contributed by atoms with van der Waals surface area (Å²) in [6.07, 6.45) is 14.1. The van der Waals surface area contributed by atoms with Gasteiger partial charge in [-0.15, -0.1) is 0 Å². The normalized spacial score (nSPS) is 18.2. The third-order valence-corrected chi connectivity index (χ3v) is 7.57. The molecule has 2 aliphatic carbocycles. The minimum absolute atomic E-state index is 0. The van der Waals surface area contributed by atoms with Gasteiger partial charge in [0.25, 0.3) is 0 Å². The Labute approximate surface area is 196 Å². The van der Waals surface area contributed by atoms with Crippen molar-refractivity contribution in [2.45, 2.75) is 17.0 Å². The molecule has 0 N–H and O–H groups in total. The Balaban J connectivity index is 0.000000204. The fourth-order valence-electron chi connectivity index (χ4n) is 3.27. The Bertz CT molecular complexity index is 991. The minimum atomic E-state index is 0. The van der Waals surface area contributed by atoms with E-state index in [2.05, 4.69) is 78.7 Å². The average molecular weight is 503 g/mol. The summed E-state index contributed by atoms with van der Waals surface area (Å²) in [5, 5.41) is 3.03. The van der Waals surface area contributed by atoms with Gasteiger partial charge < -0.3 is 24.8 Å². The summed E-state index contributed by atoms with van der Waals surface area (Å²) in [6, 6.07) is 14.7. The second-order valence-electron chi connectivity index (χ2n) is 6.34. The third-order valence-electron chi connectivity index (χ3n) is 4.66. The Kier molecular flexibility index (Phi) is 8.85. The van der Waals surface area contributed by atoms with Crippen molar-refractivity contribution in [2.24, 2.45) is 0 Å². The molecule has 5 heteroatoms. The van der Waals surface area contributed by atoms with E-state index in [9.17, 15) is 0 Å². The zero-order valence-corrected chi connectivity index (χ0v) is 20.3. The number of aromatic nitrogens is 1. The SMILES string of the molecule is CCC1=PC2=CC=CC2=C1.[Cl-].[Cl-].[Zr+2][CH]1C(c2ccccn2)=Cc2ccccc21. The molecule has 5 rings (SSSR count). The van der Waals surface area contributed by atoms with Crippen molar-refractivity contribution in [3.8, 4) is 0 Å². The van der Waals surface area contributed by atoms with E-state index in [0.29, 0.717) is 3.63 Å². The molecule has 3 aliphatic rings. The molecular weight excluding hydrogens is 483 g/mol. The molecule has 1 nitrogen and oxygen atoms in total. The number of hydrogen-bond acceptors (Lipinski definition) is 1. The van der Waals surface area contributed by atoms with E-state index in [4.69, 9.17) is 0 Å². The van der Waals surface area contributed by atoms with Crippen LogP contribution >= 0.6 is 8.20 Å². The predicted octanol–water partition coefficient (Wildman–Crippen LogP) is 0.140. The average Bonchev–Trinajstić information content (AvgIpc) is 3.37. The van der Waals surface area contributed by atoms with E-state index >= 15 is 0 Å². The van der Waals surface area contributed by atoms with Crippen LogP contribution in [0.15, 0.2) is 83.9 Å². The quantitative estimate of drug-likeness (QED) is 0.533. The van der Waals surface area contributed by atoms with Crippen LogP contribution < -0.4 is 24.8 Å². The van der Waals surface area contributed by atoms with Gasteiger partial charge in [0.15, 0.2) is 0 Å². The van der Waals surface area contributed by atoms with E-state index < -0.39 is 0 Å². The molecule has 0 spiro atoms. The summed E-state index contributed by atoms with van der Waals surface area (Å²) < 4.78 is 0.540. The summed E-state index contributed by atoms with van der Waals surface area (Å²) in [7, 11) is 1.43. The number of pyridine rings is 1. The van der Waals surface area contributed by atoms with Crippen LogP contribution in [0.25, 0.3) is 11.6 Å². The van der Waals surface area contributed by atoms with Gasteiger partial charge in [0, 0.05) is 5.31 Å². The van der Waals surface area contributed by atoms with Crippen molar-refractivity contribution in [1.29, 1.82) is 0 Å². The van der Waals surface area contributed by atoms with Gasteiger partial charge in [-0.25, -0.2) is 0 Å². The van der Waals surface area contributed by atoms with Crippen LogP contribution in [0, 0.1) is 0 Å². The van der Waals surface area contributed by atoms with Gasteiger partial charge in [0.2, 0.25) is 0 Å². The van der Waals surface area contributed by atoms with E-state index in [1.807, 2.05) is 12.3 Å². The molecule has 2 aromatic rings. The van der Waals surface area contributed by atoms with Gasteiger partial charge in [-0.2, -0.15) is 0 Å². The van der Waals surface area contributed by atoms with Gasteiger partial charge in [-0.05, 0) is 29.4 Å². The Morgan fingerprint density at radius 2 is 1.82 bits per heavy atom. The zero-order chi connectivity index (χ0) is 17.9. The first-order valence-electron chi connectivity index (χ1n) is 8.87. The van der Waals surface area contributed by atoms with Crippen molar-refractivity contribution in [3.63, 3.8) is 0 Å². The molecule has 1 aromatic carbocycles. The first-order valence-corrected chi connectivity index (χ1v) is 11.2. The number of benzene rings is 1. The van der Waals surface area contributed by atoms with Crippen LogP contribution in [0.5, 0.6) is 0 Å². The molecular formula is C23H19Cl2NPZr. The van der Waals surface area contributed by atoms with Crippen LogP contribution in [-0.2, 0) is 24.7 Å². The van der Waals surface area contributed by atoms with E-state index in [-0.39, 0.29) is 24.8 Å². The monoisotopic (exact) mass is 500 g/mol. The number of rotatable bonds is 2. The summed E-state index contributed by atoms with van der Waals surface area (Å²) in [6.45, 7) is 2.21. The third kappa shape index (κ3) is 4.92. The molecule has 28 heavy (non-hydrogen) atoms. The molecule has 0 amide bonds. The molecule has 0 radical (unpaired) electrons. The summed E-state index contributed by atoms with van der Waals surface area (Å²) >= 11 is 1.53. The molecule has 139 valence electrons. The Morgan fingerprint density at radius 3 is 2.50 bits per heavy atom. The fourth-order valence-corrected chi connectivity index (χ4v) is 5.59. The number of hydrogen-bond donors (Lipinski definition) is 0. The second kappa shape index (κ2) is 10.7. The summed E-state index contributed by atoms with van der Waals surface area (Å²) in [5.74, 6) is 0. The zero-order valence-electron chi connectivity index (χ0n) is 15.4. The van der Waals surface area contributed by atoms with Crippen LogP contribution in [0.3, 0.4) is 0 Å². The molecule has 0 saturated heterocycles. The fraction of sp³-hybridized carbons (Fsp3) is 0.130. The maximum absolute atomic E-state index is 4.44. The number of allylic oxidation sites excluding steroid dienone is 7. The molecule has 0 saturated carbocycles. The molecule has 1 aliphatic heterocycles. The van der Waals surface area contributed by atoms with Crippen molar-refractivity contribution < 1.29 is 49.5 Å². The van der Waals surface area contributed by atoms with Crippen LogP contribution in [-0.4, -0.2) is 10.3 Å². The van der Waals surface area contributed by atoms with Crippen LogP contribution in [0.4, 0.5) is 0 Å². The van der Waals surface area contributed by atoms with Crippen molar-refractivity contribution in [1.82, 2.24) is 4.98 Å². The second-order valence-corrected chi connectivity index (χ2v) is 9.04. The number of nitrogens with zero attached hydrogens (tertiary/aromatic N) is 1. The van der Waals surface area contributed by atoms with Gasteiger partial charge in [0.1, 0.15) is 0 Å². The van der Waals surface area contributed by atoms with E-state index in [1.165, 1.54) is 66.9 Å². The first-order chi connectivity index (χ1) is 12.8. The number of halogens is 2. The van der Waals surface area contributed by atoms with Gasteiger partial charge >= 0.3 is 110 Å². The Hall–Kier alpha value is -1.04. The molecule has 0 fully saturated rings. The van der Waals surface area contributed by atoms with Crippen molar-refractivity contribution in [3.05, 3.63) is 101 Å². The molecule has 1 atom stereocenters. The Morgan fingerprint density at radius 1 is 1.04 bits per heavy atom. The molecule has 1 aromatic heterocycles. The topological polar surface area (TPSA) is 12.9 Å². The predicted molar refractivity (Wildman–Crippen MR) is 109 cm³/mol. The summed E-state index contributed by atoms with van der Waals surface area (Å²) in [4.78, 5) is 4.44. The van der Waals surface area contributed by atoms with Crippen molar-refractivity contribution in [2.75, 3.05) is 0 Å². The van der Waals surface area contributed by atoms with Crippen molar-refractivity contribution >= 4 is 25.1 Å². The molecule has 2 heterocycles. The first kappa shape index (κ1) is 23.2. The van der Waals surface area contributed by atoms with Crippen LogP contribution in [0.2, 0.25) is 0 Å². The van der Waals surface area contributed by atoms with Crippen LogP contribution in [0.1, 0.15) is 33.8 Å². The summed E-state index contributed by atoms with van der Waals surface area (Å²) in [5.41, 5.74) is 6.70. The molecule has 1 unspecified atom stereocenters.